The van der Waals surface area contributed by atoms with Crippen LogP contribution in [0, 0.1) is 5.92 Å². The quantitative estimate of drug-likeness (QED) is 0.787. The molecule has 0 N–H and O–H groups in total. The average molecular weight is 319 g/mol. The van der Waals surface area contributed by atoms with E-state index in [2.05, 4.69) is 10.1 Å². The van der Waals surface area contributed by atoms with E-state index in [4.69, 9.17) is 0 Å². The van der Waals surface area contributed by atoms with E-state index in [1.165, 1.54) is 5.01 Å². The second kappa shape index (κ2) is 5.64. The van der Waals surface area contributed by atoms with Crippen LogP contribution in [-0.4, -0.2) is 43.8 Å². The summed E-state index contributed by atoms with van der Waals surface area (Å²) in [4.78, 5) is 16.7. The smallest absolute Gasteiger partial charge is 0.261 e. The van der Waals surface area contributed by atoms with Crippen LogP contribution in [0.2, 0.25) is 0 Å². The maximum absolute atomic E-state index is 12.5. The van der Waals surface area contributed by atoms with Crippen LogP contribution >= 0.6 is 0 Å². The third kappa shape index (κ3) is 2.94. The number of carbonyl (C=O) groups excluding carboxylic acids is 1. The van der Waals surface area contributed by atoms with E-state index in [-0.39, 0.29) is 23.5 Å². The Morgan fingerprint density at radius 3 is 2.68 bits per heavy atom. The number of para-hydroxylation sites is 1. The maximum Gasteiger partial charge on any atom is 0.261 e. The summed E-state index contributed by atoms with van der Waals surface area (Å²) in [6.45, 7) is 1.78. The molecular weight excluding hydrogens is 302 g/mol. The number of nitrogens with zero attached hydrogens (tertiary/aromatic N) is 3. The second-order valence-corrected chi connectivity index (χ2v) is 7.79. The molecule has 1 saturated heterocycles. The van der Waals surface area contributed by atoms with E-state index in [9.17, 15) is 13.2 Å². The van der Waals surface area contributed by atoms with Gasteiger partial charge in [-0.3, -0.25) is 9.79 Å². The number of benzene rings is 1. The van der Waals surface area contributed by atoms with E-state index in [0.29, 0.717) is 17.8 Å². The second-order valence-electron chi connectivity index (χ2n) is 5.56. The fourth-order valence-corrected chi connectivity index (χ4v) is 4.24. The van der Waals surface area contributed by atoms with Crippen LogP contribution in [0.25, 0.3) is 0 Å². The summed E-state index contributed by atoms with van der Waals surface area (Å²) in [5, 5.41) is 5.66. The van der Waals surface area contributed by atoms with Gasteiger partial charge < -0.3 is 0 Å². The molecule has 0 radical (unpaired) electrons. The highest BCUT2D eigenvalue weighted by molar-refractivity contribution is 7.91. The lowest BCUT2D eigenvalue weighted by Gasteiger charge is -2.12. The van der Waals surface area contributed by atoms with Crippen LogP contribution in [0.1, 0.15) is 13.3 Å². The van der Waals surface area contributed by atoms with Gasteiger partial charge in [0.15, 0.2) is 9.84 Å². The molecule has 2 atom stereocenters. The van der Waals surface area contributed by atoms with Crippen molar-refractivity contribution in [2.75, 3.05) is 16.5 Å². The summed E-state index contributed by atoms with van der Waals surface area (Å²) in [7, 11) is -2.96. The molecular formula is C15H17N3O3S. The maximum atomic E-state index is 12.5. The SMILES string of the molecule is CC1=NN(c2ccccc2)C(=O)C1C=NC1CCS(=O)(=O)C1. The molecule has 6 nitrogen and oxygen atoms in total. The predicted molar refractivity (Wildman–Crippen MR) is 86.1 cm³/mol. The van der Waals surface area contributed by atoms with Crippen LogP contribution in [0.15, 0.2) is 40.4 Å². The number of anilines is 1. The van der Waals surface area contributed by atoms with Crippen molar-refractivity contribution in [2.45, 2.75) is 19.4 Å². The molecule has 2 aliphatic rings. The van der Waals surface area contributed by atoms with Gasteiger partial charge in [-0.2, -0.15) is 10.1 Å². The highest BCUT2D eigenvalue weighted by Crippen LogP contribution is 2.23. The van der Waals surface area contributed by atoms with Gasteiger partial charge in [-0.1, -0.05) is 18.2 Å². The van der Waals surface area contributed by atoms with Crippen molar-refractivity contribution in [1.29, 1.82) is 0 Å². The Morgan fingerprint density at radius 1 is 1.32 bits per heavy atom. The number of amides is 1. The van der Waals surface area contributed by atoms with E-state index in [1.807, 2.05) is 30.3 Å². The van der Waals surface area contributed by atoms with E-state index < -0.39 is 15.8 Å². The number of hydrogen-bond acceptors (Lipinski definition) is 5. The first-order valence-electron chi connectivity index (χ1n) is 7.14. The van der Waals surface area contributed by atoms with E-state index in [0.717, 1.165) is 0 Å². The highest BCUT2D eigenvalue weighted by Gasteiger charge is 2.34. The minimum atomic E-state index is -2.96. The molecule has 2 aliphatic heterocycles. The molecule has 1 aromatic carbocycles. The summed E-state index contributed by atoms with van der Waals surface area (Å²) in [5.41, 5.74) is 1.38. The normalized spacial score (nSPS) is 27.6. The van der Waals surface area contributed by atoms with Gasteiger partial charge in [0.25, 0.3) is 5.91 Å². The van der Waals surface area contributed by atoms with Gasteiger partial charge in [-0.15, -0.1) is 0 Å². The molecule has 0 saturated carbocycles. The van der Waals surface area contributed by atoms with Gasteiger partial charge in [0.05, 0.1) is 28.9 Å². The number of carbonyl (C=O) groups is 1. The minimum absolute atomic E-state index is 0.0724. The zero-order valence-corrected chi connectivity index (χ0v) is 13.0. The molecule has 1 amide bonds. The first kappa shape index (κ1) is 14.9. The Labute approximate surface area is 129 Å². The fraction of sp³-hybridized carbons (Fsp3) is 0.400. The Balaban J connectivity index is 1.74. The molecule has 3 rings (SSSR count). The van der Waals surface area contributed by atoms with Gasteiger partial charge >= 0.3 is 0 Å². The van der Waals surface area contributed by atoms with Crippen molar-refractivity contribution < 1.29 is 13.2 Å². The summed E-state index contributed by atoms with van der Waals surface area (Å²) in [6.07, 6.45) is 2.08. The Morgan fingerprint density at radius 2 is 2.05 bits per heavy atom. The van der Waals surface area contributed by atoms with Gasteiger partial charge in [-0.05, 0) is 25.5 Å². The van der Waals surface area contributed by atoms with Crippen LogP contribution in [0.3, 0.4) is 0 Å². The standard InChI is InChI=1S/C15H17N3O3S/c1-11-14(9-16-12-7-8-22(20,21)10-12)15(19)18(17-11)13-5-3-2-4-6-13/h2-6,9,12,14H,7-8,10H2,1H3. The van der Waals surface area contributed by atoms with Crippen LogP contribution < -0.4 is 5.01 Å². The predicted octanol–water partition coefficient (Wildman–Crippen LogP) is 1.28. The van der Waals surface area contributed by atoms with Crippen molar-refractivity contribution >= 4 is 33.4 Å². The molecule has 2 unspecified atom stereocenters. The molecule has 116 valence electrons. The molecule has 1 aromatic rings. The van der Waals surface area contributed by atoms with Gasteiger partial charge in [0, 0.05) is 6.21 Å². The van der Waals surface area contributed by atoms with Crippen molar-refractivity contribution in [1.82, 2.24) is 0 Å². The third-order valence-corrected chi connectivity index (χ3v) is 5.59. The molecule has 0 spiro atoms. The van der Waals surface area contributed by atoms with Gasteiger partial charge in [0.2, 0.25) is 0 Å². The molecule has 22 heavy (non-hydrogen) atoms. The number of aliphatic imine (C=N–C) groups is 1. The Hall–Kier alpha value is -2.02. The first-order valence-corrected chi connectivity index (χ1v) is 8.96. The topological polar surface area (TPSA) is 79.2 Å². The van der Waals surface area contributed by atoms with Crippen molar-refractivity contribution in [3.05, 3.63) is 30.3 Å². The van der Waals surface area contributed by atoms with Crippen molar-refractivity contribution in [2.24, 2.45) is 16.0 Å². The zero-order valence-electron chi connectivity index (χ0n) is 12.2. The molecule has 0 aromatic heterocycles. The number of hydrazone groups is 1. The number of hydrogen-bond donors (Lipinski definition) is 0. The highest BCUT2D eigenvalue weighted by atomic mass is 32.2. The van der Waals surface area contributed by atoms with Crippen molar-refractivity contribution in [3.63, 3.8) is 0 Å². The monoisotopic (exact) mass is 319 g/mol. The summed E-state index contributed by atoms with van der Waals surface area (Å²) < 4.78 is 22.9. The first-order chi connectivity index (χ1) is 10.5. The molecule has 2 heterocycles. The molecule has 7 heteroatoms. The summed E-state index contributed by atoms with van der Waals surface area (Å²) in [5.74, 6) is -0.420. The molecule has 0 bridgehead atoms. The Bertz CT molecular complexity index is 741. The van der Waals surface area contributed by atoms with Gasteiger partial charge in [0.1, 0.15) is 5.92 Å². The fourth-order valence-electron chi connectivity index (χ4n) is 2.61. The average Bonchev–Trinajstić information content (AvgIpc) is 2.98. The molecule has 0 aliphatic carbocycles. The number of rotatable bonds is 3. The summed E-state index contributed by atoms with van der Waals surface area (Å²) >= 11 is 0. The van der Waals surface area contributed by atoms with Crippen LogP contribution in [0.4, 0.5) is 5.69 Å². The largest absolute Gasteiger partial charge is 0.292 e. The van der Waals surface area contributed by atoms with Crippen LogP contribution in [0.5, 0.6) is 0 Å². The lowest BCUT2D eigenvalue weighted by atomic mass is 10.1. The lowest BCUT2D eigenvalue weighted by Crippen LogP contribution is -2.28. The molecule has 1 fully saturated rings. The number of sulfone groups is 1. The summed E-state index contributed by atoms with van der Waals surface area (Å²) in [6, 6.07) is 8.96. The van der Waals surface area contributed by atoms with Crippen molar-refractivity contribution in [3.8, 4) is 0 Å². The minimum Gasteiger partial charge on any atom is -0.292 e. The van der Waals surface area contributed by atoms with E-state index in [1.54, 1.807) is 13.1 Å². The zero-order chi connectivity index (χ0) is 15.7. The van der Waals surface area contributed by atoms with Crippen LogP contribution in [-0.2, 0) is 14.6 Å². The third-order valence-electron chi connectivity index (χ3n) is 3.84. The Kier molecular flexibility index (Phi) is 3.82. The lowest BCUT2D eigenvalue weighted by molar-refractivity contribution is -0.118. The van der Waals surface area contributed by atoms with Gasteiger partial charge in [-0.25, -0.2) is 8.42 Å². The van der Waals surface area contributed by atoms with E-state index >= 15 is 0 Å².